The lowest BCUT2D eigenvalue weighted by atomic mass is 9.96. The highest BCUT2D eigenvalue weighted by Gasteiger charge is 2.28. The summed E-state index contributed by atoms with van der Waals surface area (Å²) in [6, 6.07) is 4.06. The van der Waals surface area contributed by atoms with Crippen molar-refractivity contribution in [2.45, 2.75) is 44.6 Å². The topological polar surface area (TPSA) is 122 Å². The standard InChI is InChI=1S/C20H22FN7OS.CH4O/c21-30-28-10-7-15-18(24-13-25-20(15)28)16-12-27(26-19(16)23-9-3-11-29)17(6-8-22)14-4-1-2-5-14;1-2/h7,10-14,17H,1-6,9H2,(H,23,26);2H,1H3. The molecule has 11 heteroatoms. The van der Waals surface area contributed by atoms with Crippen molar-refractivity contribution in [3.8, 4) is 17.3 Å². The van der Waals surface area contributed by atoms with Gasteiger partial charge in [-0.1, -0.05) is 12.8 Å². The Morgan fingerprint density at radius 1 is 1.41 bits per heavy atom. The number of fused-ring (bicyclic) bond motifs is 1. The second-order valence-electron chi connectivity index (χ2n) is 7.40. The molecule has 0 radical (unpaired) electrons. The summed E-state index contributed by atoms with van der Waals surface area (Å²) in [7, 11) is 1.00. The van der Waals surface area contributed by atoms with Gasteiger partial charge in [-0.2, -0.15) is 10.4 Å². The molecule has 4 rings (SSSR count). The summed E-state index contributed by atoms with van der Waals surface area (Å²) in [4.78, 5) is 19.4. The van der Waals surface area contributed by atoms with Crippen LogP contribution >= 0.6 is 12.3 Å². The number of aromatic nitrogens is 5. The largest absolute Gasteiger partial charge is 0.400 e. The van der Waals surface area contributed by atoms with Gasteiger partial charge >= 0.3 is 0 Å². The van der Waals surface area contributed by atoms with E-state index in [0.717, 1.165) is 31.8 Å². The molecule has 3 heterocycles. The van der Waals surface area contributed by atoms with E-state index in [1.165, 1.54) is 23.1 Å². The number of hydrogen-bond acceptors (Lipinski definition) is 8. The number of aliphatic hydroxyl groups is 1. The lowest BCUT2D eigenvalue weighted by Gasteiger charge is -2.21. The van der Waals surface area contributed by atoms with Crippen LogP contribution in [0.4, 0.5) is 9.70 Å². The summed E-state index contributed by atoms with van der Waals surface area (Å²) in [6.45, 7) is 0.440. The molecular formula is C21H26FN7O2S. The normalized spacial score (nSPS) is 14.6. The maximum atomic E-state index is 13.2. The number of nitrogens with one attached hydrogen (secondary N) is 1. The van der Waals surface area contributed by atoms with Crippen molar-refractivity contribution in [3.63, 3.8) is 0 Å². The molecule has 2 N–H and O–H groups in total. The molecule has 0 spiro atoms. The van der Waals surface area contributed by atoms with E-state index in [1.54, 1.807) is 12.3 Å². The predicted octanol–water partition coefficient (Wildman–Crippen LogP) is 3.93. The van der Waals surface area contributed by atoms with E-state index in [4.69, 9.17) is 10.2 Å². The summed E-state index contributed by atoms with van der Waals surface area (Å²) in [5.74, 6) is 1.01. The molecule has 0 saturated heterocycles. The van der Waals surface area contributed by atoms with Gasteiger partial charge in [-0.05, 0) is 24.8 Å². The third kappa shape index (κ3) is 4.92. The van der Waals surface area contributed by atoms with Crippen LogP contribution in [-0.2, 0) is 4.79 Å². The first-order valence-electron chi connectivity index (χ1n) is 10.5. The highest BCUT2D eigenvalue weighted by molar-refractivity contribution is 7.92. The Bertz CT molecular complexity index is 1070. The molecule has 170 valence electrons. The highest BCUT2D eigenvalue weighted by atomic mass is 32.2. The molecule has 1 unspecified atom stereocenters. The average molecular weight is 460 g/mol. The molecule has 32 heavy (non-hydrogen) atoms. The molecular weight excluding hydrogens is 433 g/mol. The molecule has 1 aliphatic carbocycles. The van der Waals surface area contributed by atoms with E-state index >= 15 is 0 Å². The Labute approximate surface area is 190 Å². The Kier molecular flexibility index (Phi) is 8.58. The van der Waals surface area contributed by atoms with Gasteiger partial charge in [-0.3, -0.25) is 4.68 Å². The maximum Gasteiger partial charge on any atom is 0.171 e. The van der Waals surface area contributed by atoms with E-state index in [2.05, 4.69) is 21.4 Å². The zero-order valence-corrected chi connectivity index (χ0v) is 18.6. The summed E-state index contributed by atoms with van der Waals surface area (Å²) in [6.07, 6.45) is 11.0. The fraction of sp³-hybridized carbons (Fsp3) is 0.476. The van der Waals surface area contributed by atoms with Gasteiger partial charge < -0.3 is 15.2 Å². The predicted molar refractivity (Wildman–Crippen MR) is 121 cm³/mol. The van der Waals surface area contributed by atoms with E-state index in [0.29, 0.717) is 47.8 Å². The van der Waals surface area contributed by atoms with Gasteiger partial charge in [-0.15, -0.1) is 3.89 Å². The van der Waals surface area contributed by atoms with Gasteiger partial charge in [0.25, 0.3) is 0 Å². The lowest BCUT2D eigenvalue weighted by molar-refractivity contribution is -0.107. The van der Waals surface area contributed by atoms with E-state index < -0.39 is 0 Å². The number of hydrogen-bond donors (Lipinski definition) is 2. The number of nitriles is 1. The molecule has 9 nitrogen and oxygen atoms in total. The minimum Gasteiger partial charge on any atom is -0.400 e. The molecule has 1 saturated carbocycles. The number of nitrogens with zero attached hydrogens (tertiary/aromatic N) is 6. The fourth-order valence-corrected chi connectivity index (χ4v) is 4.54. The highest BCUT2D eigenvalue weighted by Crippen LogP contribution is 2.39. The molecule has 1 aliphatic rings. The number of rotatable bonds is 9. The van der Waals surface area contributed by atoms with Crippen molar-refractivity contribution in [2.75, 3.05) is 19.0 Å². The maximum absolute atomic E-state index is 13.2. The van der Waals surface area contributed by atoms with Crippen molar-refractivity contribution in [3.05, 3.63) is 24.8 Å². The van der Waals surface area contributed by atoms with Crippen molar-refractivity contribution in [1.82, 2.24) is 23.7 Å². The number of halogens is 1. The number of carbonyl (C=O) groups is 1. The Morgan fingerprint density at radius 2 is 2.19 bits per heavy atom. The number of aldehydes is 1. The van der Waals surface area contributed by atoms with Crippen LogP contribution in [0.15, 0.2) is 24.8 Å². The summed E-state index contributed by atoms with van der Waals surface area (Å²) in [5.41, 5.74) is 1.86. The molecule has 1 fully saturated rings. The van der Waals surface area contributed by atoms with Crippen molar-refractivity contribution >= 4 is 35.5 Å². The van der Waals surface area contributed by atoms with Crippen LogP contribution in [0.3, 0.4) is 0 Å². The first-order chi connectivity index (χ1) is 15.8. The van der Waals surface area contributed by atoms with Crippen molar-refractivity contribution in [2.24, 2.45) is 5.92 Å². The second kappa shape index (κ2) is 11.6. The Hall–Kier alpha value is -2.97. The smallest absolute Gasteiger partial charge is 0.171 e. The minimum atomic E-state index is -0.0128. The van der Waals surface area contributed by atoms with Gasteiger partial charge in [0, 0.05) is 37.9 Å². The Morgan fingerprint density at radius 3 is 2.88 bits per heavy atom. The Balaban J connectivity index is 0.00000141. The molecule has 0 aliphatic heterocycles. The van der Waals surface area contributed by atoms with Gasteiger partial charge in [0.05, 0.1) is 29.8 Å². The molecule has 3 aromatic rings. The third-order valence-electron chi connectivity index (χ3n) is 5.65. The van der Waals surface area contributed by atoms with Crippen molar-refractivity contribution < 1.29 is 13.8 Å². The molecule has 0 aromatic carbocycles. The van der Waals surface area contributed by atoms with Crippen molar-refractivity contribution in [1.29, 1.82) is 5.26 Å². The zero-order valence-electron chi connectivity index (χ0n) is 17.8. The van der Waals surface area contributed by atoms with Crippen LogP contribution in [0.1, 0.15) is 44.6 Å². The summed E-state index contributed by atoms with van der Waals surface area (Å²) in [5, 5.41) is 25.1. The van der Waals surface area contributed by atoms with E-state index in [9.17, 15) is 13.9 Å². The second-order valence-corrected chi connectivity index (χ2v) is 7.93. The first-order valence-corrected chi connectivity index (χ1v) is 11.1. The average Bonchev–Trinajstić information content (AvgIpc) is 3.58. The molecule has 1 atom stereocenters. The minimum absolute atomic E-state index is 0.0128. The van der Waals surface area contributed by atoms with Crippen LogP contribution in [-0.4, -0.2) is 48.8 Å². The number of anilines is 1. The zero-order chi connectivity index (χ0) is 22.9. The van der Waals surface area contributed by atoms with Gasteiger partial charge in [0.1, 0.15) is 12.6 Å². The first kappa shape index (κ1) is 23.7. The molecule has 0 amide bonds. The fourth-order valence-electron chi connectivity index (χ4n) is 4.23. The van der Waals surface area contributed by atoms with Crippen LogP contribution < -0.4 is 5.32 Å². The summed E-state index contributed by atoms with van der Waals surface area (Å²) >= 11 is 0.0784. The third-order valence-corrected chi connectivity index (χ3v) is 6.09. The van der Waals surface area contributed by atoms with Gasteiger partial charge in [0.15, 0.2) is 23.8 Å². The SMILES string of the molecule is CO.N#CCC(C1CCCC1)n1cc(-c2ncnc3c2ccn3SF)c(NCCC=O)n1. The van der Waals surface area contributed by atoms with Crippen LogP contribution in [0, 0.1) is 17.2 Å². The monoisotopic (exact) mass is 459 g/mol. The molecule has 0 bridgehead atoms. The summed E-state index contributed by atoms with van der Waals surface area (Å²) < 4.78 is 16.4. The van der Waals surface area contributed by atoms with Crippen LogP contribution in [0.25, 0.3) is 22.3 Å². The van der Waals surface area contributed by atoms with Crippen LogP contribution in [0.5, 0.6) is 0 Å². The quantitative estimate of drug-likeness (QED) is 0.365. The number of carbonyl (C=O) groups excluding carboxylic acids is 1. The number of aliphatic hydroxyl groups excluding tert-OH is 1. The van der Waals surface area contributed by atoms with Gasteiger partial charge in [-0.25, -0.2) is 13.9 Å². The van der Waals surface area contributed by atoms with Gasteiger partial charge in [0.2, 0.25) is 0 Å². The molecule has 3 aromatic heterocycles. The van der Waals surface area contributed by atoms with E-state index in [-0.39, 0.29) is 18.4 Å². The van der Waals surface area contributed by atoms with Crippen LogP contribution in [0.2, 0.25) is 0 Å². The lowest BCUT2D eigenvalue weighted by Crippen LogP contribution is -2.18. The van der Waals surface area contributed by atoms with E-state index in [1.807, 2.05) is 10.9 Å².